The van der Waals surface area contributed by atoms with Crippen LogP contribution in [0.2, 0.25) is 0 Å². The molecule has 0 radical (unpaired) electrons. The van der Waals surface area contributed by atoms with Gasteiger partial charge in [0.1, 0.15) is 18.2 Å². The molecule has 1 atom stereocenters. The van der Waals surface area contributed by atoms with Crippen LogP contribution in [0.15, 0.2) is 48.5 Å². The number of carboxylic acids is 1. The number of ether oxygens (including phenoxy) is 2. The van der Waals surface area contributed by atoms with E-state index in [1.165, 1.54) is 19.2 Å². The van der Waals surface area contributed by atoms with E-state index in [0.29, 0.717) is 0 Å². The number of hydrogen-bond acceptors (Lipinski definition) is 5. The molecule has 0 spiro atoms. The Morgan fingerprint density at radius 2 is 1.78 bits per heavy atom. The van der Waals surface area contributed by atoms with Crippen LogP contribution in [-0.2, 0) is 21.7 Å². The summed E-state index contributed by atoms with van der Waals surface area (Å²) in [5.74, 6) is -1.89. The number of halogens is 1. The third-order valence-electron chi connectivity index (χ3n) is 4.55. The second-order valence-corrected chi connectivity index (χ2v) is 8.84. The average molecular weight is 463 g/mol. The summed E-state index contributed by atoms with van der Waals surface area (Å²) in [6, 6.07) is 12.9. The van der Waals surface area contributed by atoms with Gasteiger partial charge in [-0.15, -0.1) is 0 Å². The fourth-order valence-corrected chi connectivity index (χ4v) is 3.55. The van der Waals surface area contributed by atoms with Crippen molar-refractivity contribution in [1.29, 1.82) is 0 Å². The fourth-order valence-electron chi connectivity index (χ4n) is 3.29. The van der Waals surface area contributed by atoms with Gasteiger partial charge >= 0.3 is 12.1 Å². The summed E-state index contributed by atoms with van der Waals surface area (Å²) in [6.07, 6.45) is -0.893. The van der Waals surface area contributed by atoms with Crippen LogP contribution in [0.25, 0.3) is 0 Å². The Hall–Kier alpha value is -3.20. The molecule has 0 unspecified atom stereocenters. The van der Waals surface area contributed by atoms with Crippen molar-refractivity contribution in [3.05, 3.63) is 65.5 Å². The number of rotatable bonds is 7. The van der Waals surface area contributed by atoms with Gasteiger partial charge in [-0.05, 0) is 41.7 Å². The topological polar surface area (TPSA) is 96.9 Å². The van der Waals surface area contributed by atoms with E-state index < -0.39 is 28.8 Å². The van der Waals surface area contributed by atoms with E-state index in [9.17, 15) is 19.1 Å². The summed E-state index contributed by atoms with van der Waals surface area (Å²) in [6.45, 7) is 5.46. The van der Waals surface area contributed by atoms with Gasteiger partial charge in [-0.25, -0.2) is 14.0 Å². The number of carbonyl (C=O) groups excluding carboxylic acids is 1. The summed E-state index contributed by atoms with van der Waals surface area (Å²) in [5, 5.41) is 14.8. The molecule has 0 saturated heterocycles. The minimum Gasteiger partial charge on any atom is -0.497 e. The van der Waals surface area contributed by atoms with Crippen LogP contribution in [0.4, 0.5) is 9.18 Å². The quantitative estimate of drug-likeness (QED) is 0.526. The Morgan fingerprint density at radius 1 is 1.12 bits per heavy atom. The van der Waals surface area contributed by atoms with Gasteiger partial charge in [0.2, 0.25) is 0 Å². The predicted molar refractivity (Wildman–Crippen MR) is 122 cm³/mol. The Morgan fingerprint density at radius 3 is 2.31 bits per heavy atom. The van der Waals surface area contributed by atoms with Gasteiger partial charge < -0.3 is 19.9 Å². The minimum absolute atomic E-state index is 0.00839. The Bertz CT molecular complexity index is 978. The van der Waals surface area contributed by atoms with Crippen LogP contribution >= 0.6 is 12.2 Å². The molecule has 9 heteroatoms. The first kappa shape index (κ1) is 25.1. The molecule has 0 aliphatic rings. The Balaban J connectivity index is 2.26. The molecular formula is C23H27FN2O5S. The highest BCUT2D eigenvalue weighted by Crippen LogP contribution is 2.37. The summed E-state index contributed by atoms with van der Waals surface area (Å²) in [5.41, 5.74) is -1.85. The van der Waals surface area contributed by atoms with Gasteiger partial charge in [0, 0.05) is 11.6 Å². The summed E-state index contributed by atoms with van der Waals surface area (Å²) < 4.78 is 25.1. The zero-order chi connectivity index (χ0) is 23.9. The molecule has 32 heavy (non-hydrogen) atoms. The Labute approximate surface area is 191 Å². The number of thiocarbonyl (C=S) groups is 1. The maximum Gasteiger partial charge on any atom is 0.413 e. The van der Waals surface area contributed by atoms with E-state index in [1.54, 1.807) is 24.3 Å². The monoisotopic (exact) mass is 462 g/mol. The number of alkyl carbamates (subject to hydrolysis) is 1. The van der Waals surface area contributed by atoms with Gasteiger partial charge in [-0.1, -0.05) is 51.1 Å². The van der Waals surface area contributed by atoms with Crippen molar-refractivity contribution in [2.24, 2.45) is 5.41 Å². The van der Waals surface area contributed by atoms with Crippen molar-refractivity contribution in [3.63, 3.8) is 0 Å². The normalized spacial score (nSPS) is 12.9. The van der Waals surface area contributed by atoms with Crippen molar-refractivity contribution in [2.45, 2.75) is 39.3 Å². The second kappa shape index (κ2) is 10.4. The van der Waals surface area contributed by atoms with Crippen molar-refractivity contribution >= 4 is 29.4 Å². The van der Waals surface area contributed by atoms with Crippen LogP contribution in [-0.4, -0.2) is 29.4 Å². The standard InChI is InChI=1S/C23H27FN2O5S/c1-22(2,3)14-23(19(27)28,17-11-10-16(30-4)12-18(17)24)26-20(32)25-21(29)31-13-15-8-6-5-7-9-15/h5-12H,13-14H2,1-4H3,(H,27,28)(H2,25,26,29,32)/t23-/m1/s1. The second-order valence-electron chi connectivity index (χ2n) is 8.43. The number of hydrogen-bond donors (Lipinski definition) is 3. The fraction of sp³-hybridized carbons (Fsp3) is 0.348. The number of carboxylic acid groups (broad SMARTS) is 1. The highest BCUT2D eigenvalue weighted by molar-refractivity contribution is 7.80. The van der Waals surface area contributed by atoms with Gasteiger partial charge in [0.05, 0.1) is 7.11 Å². The van der Waals surface area contributed by atoms with E-state index in [4.69, 9.17) is 21.7 Å². The first-order valence-electron chi connectivity index (χ1n) is 9.84. The molecule has 2 rings (SSSR count). The highest BCUT2D eigenvalue weighted by atomic mass is 32.1. The molecular weight excluding hydrogens is 435 g/mol. The lowest BCUT2D eigenvalue weighted by atomic mass is 9.75. The van der Waals surface area contributed by atoms with Gasteiger partial charge in [0.15, 0.2) is 10.7 Å². The van der Waals surface area contributed by atoms with Gasteiger partial charge in [-0.2, -0.15) is 0 Å². The van der Waals surface area contributed by atoms with E-state index in [1.807, 2.05) is 26.8 Å². The first-order chi connectivity index (χ1) is 15.0. The number of amides is 1. The molecule has 172 valence electrons. The zero-order valence-corrected chi connectivity index (χ0v) is 19.2. The first-order valence-corrected chi connectivity index (χ1v) is 10.2. The van der Waals surface area contributed by atoms with Crippen molar-refractivity contribution < 1.29 is 28.6 Å². The molecule has 0 fully saturated rings. The van der Waals surface area contributed by atoms with Crippen LogP contribution in [0, 0.1) is 11.2 Å². The smallest absolute Gasteiger partial charge is 0.413 e. The Kier molecular flexibility index (Phi) is 8.15. The van der Waals surface area contributed by atoms with Crippen LogP contribution < -0.4 is 15.4 Å². The van der Waals surface area contributed by atoms with Gasteiger partial charge in [0.25, 0.3) is 0 Å². The molecule has 2 aromatic carbocycles. The number of benzene rings is 2. The van der Waals surface area contributed by atoms with E-state index in [2.05, 4.69) is 10.6 Å². The molecule has 1 amide bonds. The maximum absolute atomic E-state index is 15.0. The lowest BCUT2D eigenvalue weighted by Crippen LogP contribution is -2.57. The lowest BCUT2D eigenvalue weighted by molar-refractivity contribution is -0.146. The molecule has 0 aliphatic heterocycles. The number of nitrogens with one attached hydrogen (secondary N) is 2. The summed E-state index contributed by atoms with van der Waals surface area (Å²) in [7, 11) is 1.38. The maximum atomic E-state index is 15.0. The molecule has 0 bridgehead atoms. The molecule has 0 saturated carbocycles. The van der Waals surface area contributed by atoms with Crippen molar-refractivity contribution in [3.8, 4) is 5.75 Å². The van der Waals surface area contributed by atoms with Crippen molar-refractivity contribution in [2.75, 3.05) is 7.11 Å². The highest BCUT2D eigenvalue weighted by Gasteiger charge is 2.46. The molecule has 3 N–H and O–H groups in total. The van der Waals surface area contributed by atoms with Crippen LogP contribution in [0.5, 0.6) is 5.75 Å². The largest absolute Gasteiger partial charge is 0.497 e. The average Bonchev–Trinajstić information content (AvgIpc) is 2.71. The van der Waals surface area contributed by atoms with Crippen LogP contribution in [0.1, 0.15) is 38.3 Å². The number of methoxy groups -OCH3 is 1. The molecule has 7 nitrogen and oxygen atoms in total. The lowest BCUT2D eigenvalue weighted by Gasteiger charge is -2.37. The number of carbonyl (C=O) groups is 2. The third-order valence-corrected chi connectivity index (χ3v) is 4.76. The van der Waals surface area contributed by atoms with Crippen molar-refractivity contribution in [1.82, 2.24) is 10.6 Å². The van der Waals surface area contributed by atoms with E-state index >= 15 is 0 Å². The van der Waals surface area contributed by atoms with E-state index in [0.717, 1.165) is 11.6 Å². The molecule has 2 aromatic rings. The van der Waals surface area contributed by atoms with Gasteiger partial charge in [-0.3, -0.25) is 5.32 Å². The SMILES string of the molecule is COc1ccc([C@@](CC(C)(C)C)(NC(=S)NC(=O)OCc2ccccc2)C(=O)O)c(F)c1. The van der Waals surface area contributed by atoms with Crippen LogP contribution in [0.3, 0.4) is 0 Å². The molecule has 0 aromatic heterocycles. The summed E-state index contributed by atoms with van der Waals surface area (Å²) in [4.78, 5) is 24.6. The van der Waals surface area contributed by atoms with E-state index in [-0.39, 0.29) is 29.5 Å². The third kappa shape index (κ3) is 6.65. The predicted octanol–water partition coefficient (Wildman–Crippen LogP) is 4.35. The molecule has 0 aliphatic carbocycles. The summed E-state index contributed by atoms with van der Waals surface area (Å²) >= 11 is 5.18. The minimum atomic E-state index is -1.95. The molecule has 0 heterocycles. The number of aliphatic carboxylic acids is 1. The zero-order valence-electron chi connectivity index (χ0n) is 18.4.